The van der Waals surface area contributed by atoms with Gasteiger partial charge in [-0.15, -0.1) is 0 Å². The van der Waals surface area contributed by atoms with Crippen molar-refractivity contribution in [3.63, 3.8) is 0 Å². The van der Waals surface area contributed by atoms with Gasteiger partial charge in [0.25, 0.3) is 0 Å². The number of aliphatic hydroxyl groups excluding tert-OH is 2. The summed E-state index contributed by atoms with van der Waals surface area (Å²) in [7, 11) is 0. The van der Waals surface area contributed by atoms with Crippen molar-refractivity contribution in [3.8, 4) is 0 Å². The number of aliphatic carboxylic acids is 1. The number of hydrogen-bond donors (Lipinski definition) is 3. The van der Waals surface area contributed by atoms with Crippen LogP contribution >= 0.6 is 0 Å². The van der Waals surface area contributed by atoms with Gasteiger partial charge in [0.05, 0.1) is 6.10 Å². The van der Waals surface area contributed by atoms with Crippen LogP contribution in [0.3, 0.4) is 0 Å². The molecule has 144 valence electrons. The van der Waals surface area contributed by atoms with Crippen molar-refractivity contribution < 1.29 is 24.9 Å². The summed E-state index contributed by atoms with van der Waals surface area (Å²) in [6, 6.07) is 0. The summed E-state index contributed by atoms with van der Waals surface area (Å²) in [6.45, 7) is 3.96. The van der Waals surface area contributed by atoms with Gasteiger partial charge in [0, 0.05) is 17.9 Å². The van der Waals surface area contributed by atoms with Crippen molar-refractivity contribution in [2.45, 2.75) is 58.5 Å². The molecular weight excluding hydrogens is 332 g/mol. The lowest BCUT2D eigenvalue weighted by atomic mass is 9.43. The Morgan fingerprint density at radius 2 is 2.04 bits per heavy atom. The fourth-order valence-electron chi connectivity index (χ4n) is 7.52. The molecule has 0 heterocycles. The molecule has 3 saturated carbocycles. The van der Waals surface area contributed by atoms with Gasteiger partial charge in [0.2, 0.25) is 0 Å². The highest BCUT2D eigenvalue weighted by atomic mass is 16.4. The monoisotopic (exact) mass is 362 g/mol. The van der Waals surface area contributed by atoms with E-state index >= 15 is 0 Å². The minimum Gasteiger partial charge on any atom is -0.481 e. The van der Waals surface area contributed by atoms with Gasteiger partial charge in [-0.1, -0.05) is 25.8 Å². The lowest BCUT2D eigenvalue weighted by molar-refractivity contribution is -0.166. The van der Waals surface area contributed by atoms with Gasteiger partial charge in [-0.25, -0.2) is 0 Å². The first-order chi connectivity index (χ1) is 12.2. The molecule has 4 rings (SSSR count). The Labute approximate surface area is 154 Å². The normalized spacial score (nSPS) is 50.5. The molecule has 4 aliphatic rings. The van der Waals surface area contributed by atoms with Crippen LogP contribution in [0, 0.1) is 40.4 Å². The lowest BCUT2D eigenvalue weighted by Crippen LogP contribution is -2.60. The average molecular weight is 362 g/mol. The molecule has 0 aromatic carbocycles. The summed E-state index contributed by atoms with van der Waals surface area (Å²) in [5.41, 5.74) is 0.489. The number of fused-ring (bicyclic) bond motifs is 5. The largest absolute Gasteiger partial charge is 0.481 e. The van der Waals surface area contributed by atoms with E-state index in [4.69, 9.17) is 0 Å². The average Bonchev–Trinajstić information content (AvgIpc) is 2.94. The molecule has 26 heavy (non-hydrogen) atoms. The first kappa shape index (κ1) is 18.2. The third-order valence-electron chi connectivity index (χ3n) is 8.62. The number of aliphatic hydroxyl groups is 2. The Hall–Kier alpha value is -1.20. The Morgan fingerprint density at radius 3 is 2.69 bits per heavy atom. The minimum atomic E-state index is -1.21. The molecule has 0 radical (unpaired) electrons. The first-order valence-corrected chi connectivity index (χ1v) is 10.0. The minimum absolute atomic E-state index is 0.0780. The van der Waals surface area contributed by atoms with E-state index in [1.165, 1.54) is 18.9 Å². The van der Waals surface area contributed by atoms with E-state index < -0.39 is 35.1 Å². The van der Waals surface area contributed by atoms with Crippen LogP contribution in [-0.4, -0.2) is 39.8 Å². The first-order valence-electron chi connectivity index (χ1n) is 10.0. The Bertz CT molecular complexity index is 669. The van der Waals surface area contributed by atoms with Gasteiger partial charge in [-0.3, -0.25) is 9.59 Å². The maximum Gasteiger partial charge on any atom is 0.314 e. The second-order valence-electron chi connectivity index (χ2n) is 9.61. The number of allylic oxidation sites excluding steroid dienone is 1. The van der Waals surface area contributed by atoms with E-state index in [1.54, 1.807) is 0 Å². The summed E-state index contributed by atoms with van der Waals surface area (Å²) < 4.78 is 0. The molecule has 3 N–H and O–H groups in total. The maximum atomic E-state index is 12.4. The van der Waals surface area contributed by atoms with Gasteiger partial charge < -0.3 is 15.3 Å². The highest BCUT2D eigenvalue weighted by molar-refractivity contribution is 6.06. The smallest absolute Gasteiger partial charge is 0.314 e. The molecule has 0 amide bonds. The molecule has 0 aliphatic heterocycles. The predicted octanol–water partition coefficient (Wildman–Crippen LogP) is 2.41. The van der Waals surface area contributed by atoms with Crippen LogP contribution in [0.15, 0.2) is 11.6 Å². The third-order valence-corrected chi connectivity index (χ3v) is 8.62. The summed E-state index contributed by atoms with van der Waals surface area (Å²) in [5.74, 6) is -2.63. The van der Waals surface area contributed by atoms with Crippen LogP contribution in [0.5, 0.6) is 0 Å². The standard InChI is InChI=1S/C21H30O5/c1-20-7-3-4-13(20)12-6-5-11-8-15(23)17(19(25)26)14(10-22)21(11,2)18(12)16(24)9-20/h8,12-14,16-18,22,24H,3-7,9-10H2,1-2H3,(H,25,26)/t12-,13-,14?,16?,17?,18-,20-,21+/m0/s1. The molecule has 0 spiro atoms. The van der Waals surface area contributed by atoms with Gasteiger partial charge in [0.1, 0.15) is 5.92 Å². The van der Waals surface area contributed by atoms with Crippen molar-refractivity contribution >= 4 is 11.8 Å². The quantitative estimate of drug-likeness (QED) is 0.656. The Kier molecular flexibility index (Phi) is 4.12. The summed E-state index contributed by atoms with van der Waals surface area (Å²) in [5, 5.41) is 31.0. The van der Waals surface area contributed by atoms with Gasteiger partial charge in [-0.2, -0.15) is 0 Å². The van der Waals surface area contributed by atoms with Crippen LogP contribution in [0.1, 0.15) is 52.4 Å². The number of ketones is 1. The Balaban J connectivity index is 1.82. The molecule has 4 aliphatic carbocycles. The van der Waals surface area contributed by atoms with E-state index in [1.807, 2.05) is 6.92 Å². The molecule has 0 aromatic rings. The molecule has 5 heteroatoms. The molecule has 0 saturated heterocycles. The van der Waals surface area contributed by atoms with E-state index in [0.29, 0.717) is 11.8 Å². The summed E-state index contributed by atoms with van der Waals surface area (Å²) >= 11 is 0. The topological polar surface area (TPSA) is 94.8 Å². The molecule has 0 bridgehead atoms. The van der Waals surface area contributed by atoms with E-state index in [9.17, 15) is 24.9 Å². The lowest BCUT2D eigenvalue weighted by Gasteiger charge is -2.61. The molecule has 5 nitrogen and oxygen atoms in total. The van der Waals surface area contributed by atoms with E-state index in [-0.39, 0.29) is 17.9 Å². The van der Waals surface area contributed by atoms with Crippen molar-refractivity contribution in [2.24, 2.45) is 40.4 Å². The van der Waals surface area contributed by atoms with E-state index in [2.05, 4.69) is 6.92 Å². The van der Waals surface area contributed by atoms with Crippen molar-refractivity contribution in [1.82, 2.24) is 0 Å². The van der Waals surface area contributed by atoms with Crippen LogP contribution in [0.4, 0.5) is 0 Å². The second kappa shape index (κ2) is 5.90. The molecule has 0 aromatic heterocycles. The van der Waals surface area contributed by atoms with Crippen LogP contribution in [0.25, 0.3) is 0 Å². The second-order valence-corrected chi connectivity index (χ2v) is 9.61. The van der Waals surface area contributed by atoms with Crippen molar-refractivity contribution in [1.29, 1.82) is 0 Å². The zero-order valence-corrected chi connectivity index (χ0v) is 15.6. The Morgan fingerprint density at radius 1 is 1.31 bits per heavy atom. The number of hydrogen-bond acceptors (Lipinski definition) is 4. The summed E-state index contributed by atoms with van der Waals surface area (Å²) in [6.07, 6.45) is 6.99. The van der Waals surface area contributed by atoms with Gasteiger partial charge in [-0.05, 0) is 61.3 Å². The van der Waals surface area contributed by atoms with Gasteiger partial charge in [0.15, 0.2) is 5.78 Å². The molecule has 3 fully saturated rings. The zero-order valence-electron chi connectivity index (χ0n) is 15.6. The van der Waals surface area contributed by atoms with Crippen molar-refractivity contribution in [3.05, 3.63) is 11.6 Å². The fraction of sp³-hybridized carbons (Fsp3) is 0.810. The van der Waals surface area contributed by atoms with Gasteiger partial charge >= 0.3 is 5.97 Å². The number of carboxylic acid groups (broad SMARTS) is 1. The zero-order chi connectivity index (χ0) is 18.9. The maximum absolute atomic E-state index is 12.4. The number of carbonyl (C=O) groups excluding carboxylic acids is 1. The number of rotatable bonds is 2. The fourth-order valence-corrected chi connectivity index (χ4v) is 7.52. The number of carbonyl (C=O) groups is 2. The molecule has 3 unspecified atom stereocenters. The van der Waals surface area contributed by atoms with E-state index in [0.717, 1.165) is 31.3 Å². The van der Waals surface area contributed by atoms with Crippen molar-refractivity contribution in [2.75, 3.05) is 6.61 Å². The highest BCUT2D eigenvalue weighted by Gasteiger charge is 2.63. The van der Waals surface area contributed by atoms with Crippen LogP contribution < -0.4 is 0 Å². The molecular formula is C21H30O5. The number of carboxylic acids is 1. The third kappa shape index (κ3) is 2.22. The predicted molar refractivity (Wildman–Crippen MR) is 95.2 cm³/mol. The van der Waals surface area contributed by atoms with Crippen LogP contribution in [-0.2, 0) is 9.59 Å². The highest BCUT2D eigenvalue weighted by Crippen LogP contribution is 2.66. The van der Waals surface area contributed by atoms with Crippen LogP contribution in [0.2, 0.25) is 0 Å². The SMILES string of the molecule is C[C@@]12CCC[C@H]1[C@@H]1CCC3=CC(=O)C(C(=O)O)C(CO)[C@]3(C)[C@@H]1C(O)C2. The molecule has 8 atom stereocenters. The summed E-state index contributed by atoms with van der Waals surface area (Å²) in [4.78, 5) is 24.2.